The van der Waals surface area contributed by atoms with Crippen molar-refractivity contribution >= 4 is 11.9 Å². The zero-order chi connectivity index (χ0) is 16.8. The van der Waals surface area contributed by atoms with E-state index in [4.69, 9.17) is 9.47 Å². The number of ether oxygens (including phenoxy) is 2. The first-order chi connectivity index (χ1) is 11.7. The van der Waals surface area contributed by atoms with E-state index in [1.165, 1.54) is 25.7 Å². The molecule has 0 radical (unpaired) electrons. The summed E-state index contributed by atoms with van der Waals surface area (Å²) in [5.74, 6) is 0.117. The van der Waals surface area contributed by atoms with Crippen LogP contribution in [0.1, 0.15) is 89.9 Å². The fourth-order valence-electron chi connectivity index (χ4n) is 4.46. The average molecular weight is 336 g/mol. The quantitative estimate of drug-likeness (QED) is 0.707. The van der Waals surface area contributed by atoms with Gasteiger partial charge in [-0.1, -0.05) is 25.7 Å². The minimum absolute atomic E-state index is 0.00271. The van der Waals surface area contributed by atoms with E-state index in [9.17, 15) is 9.59 Å². The van der Waals surface area contributed by atoms with Crippen LogP contribution in [0.4, 0.5) is 0 Å². The zero-order valence-corrected chi connectivity index (χ0v) is 14.8. The Balaban J connectivity index is 1.37. The molecule has 4 nitrogen and oxygen atoms in total. The van der Waals surface area contributed by atoms with Gasteiger partial charge in [-0.05, 0) is 64.2 Å². The smallest absolute Gasteiger partial charge is 0.309 e. The van der Waals surface area contributed by atoms with Crippen LogP contribution in [0, 0.1) is 11.8 Å². The molecule has 0 unspecified atom stereocenters. The van der Waals surface area contributed by atoms with Crippen molar-refractivity contribution in [3.63, 3.8) is 0 Å². The van der Waals surface area contributed by atoms with E-state index in [0.717, 1.165) is 64.2 Å². The van der Waals surface area contributed by atoms with E-state index in [0.29, 0.717) is 0 Å². The summed E-state index contributed by atoms with van der Waals surface area (Å²) in [6, 6.07) is 0. The van der Waals surface area contributed by atoms with Crippen molar-refractivity contribution in [1.82, 2.24) is 0 Å². The van der Waals surface area contributed by atoms with E-state index in [2.05, 4.69) is 0 Å². The van der Waals surface area contributed by atoms with Crippen LogP contribution in [0.25, 0.3) is 0 Å². The Morgan fingerprint density at radius 1 is 0.500 bits per heavy atom. The summed E-state index contributed by atoms with van der Waals surface area (Å²) in [6.07, 6.45) is 14.6. The highest BCUT2D eigenvalue weighted by Crippen LogP contribution is 2.31. The molecule has 4 heteroatoms. The van der Waals surface area contributed by atoms with Crippen molar-refractivity contribution in [2.75, 3.05) is 0 Å². The number of hydrogen-bond donors (Lipinski definition) is 0. The highest BCUT2D eigenvalue weighted by atomic mass is 16.5. The highest BCUT2D eigenvalue weighted by Gasteiger charge is 2.32. The number of esters is 2. The van der Waals surface area contributed by atoms with Crippen LogP contribution in [0.15, 0.2) is 0 Å². The summed E-state index contributed by atoms with van der Waals surface area (Å²) in [5.41, 5.74) is 0. The second-order valence-corrected chi connectivity index (χ2v) is 7.94. The summed E-state index contributed by atoms with van der Waals surface area (Å²) in [6.45, 7) is 0. The van der Waals surface area contributed by atoms with Gasteiger partial charge in [-0.2, -0.15) is 0 Å². The van der Waals surface area contributed by atoms with Gasteiger partial charge in [-0.3, -0.25) is 9.59 Å². The molecule has 24 heavy (non-hydrogen) atoms. The molecule has 3 saturated carbocycles. The molecule has 0 aromatic carbocycles. The minimum atomic E-state index is -0.0149. The molecule has 0 saturated heterocycles. The molecule has 3 aliphatic rings. The third kappa shape index (κ3) is 4.97. The second-order valence-electron chi connectivity index (χ2n) is 7.94. The van der Waals surface area contributed by atoms with E-state index in [1.54, 1.807) is 0 Å². The van der Waals surface area contributed by atoms with Gasteiger partial charge in [0.15, 0.2) is 0 Å². The fourth-order valence-corrected chi connectivity index (χ4v) is 4.46. The second kappa shape index (κ2) is 8.87. The lowest BCUT2D eigenvalue weighted by Crippen LogP contribution is -2.33. The maximum absolute atomic E-state index is 12.3. The van der Waals surface area contributed by atoms with Crippen molar-refractivity contribution in [1.29, 1.82) is 0 Å². The van der Waals surface area contributed by atoms with E-state index >= 15 is 0 Å². The van der Waals surface area contributed by atoms with Crippen LogP contribution < -0.4 is 0 Å². The monoisotopic (exact) mass is 336 g/mol. The van der Waals surface area contributed by atoms with E-state index in [1.807, 2.05) is 0 Å². The fraction of sp³-hybridized carbons (Fsp3) is 0.900. The molecule has 0 N–H and O–H groups in total. The number of carbonyl (C=O) groups excluding carboxylic acids is 2. The number of carbonyl (C=O) groups is 2. The molecule has 0 atom stereocenters. The predicted molar refractivity (Wildman–Crippen MR) is 91.4 cm³/mol. The maximum Gasteiger partial charge on any atom is 0.309 e. The highest BCUT2D eigenvalue weighted by molar-refractivity contribution is 5.73. The summed E-state index contributed by atoms with van der Waals surface area (Å²) in [7, 11) is 0. The Bertz CT molecular complexity index is 413. The Labute approximate surface area is 145 Å². The molecule has 3 rings (SSSR count). The standard InChI is InChI=1S/C20H32O4/c21-19(15-7-3-1-4-8-15)24-18-13-11-16(12-14-18)20(22)23-17-9-5-2-6-10-17/h15-18H,1-14H2. The van der Waals surface area contributed by atoms with Gasteiger partial charge in [0.1, 0.15) is 12.2 Å². The van der Waals surface area contributed by atoms with Crippen molar-refractivity contribution < 1.29 is 19.1 Å². The Morgan fingerprint density at radius 3 is 1.46 bits per heavy atom. The predicted octanol–water partition coefficient (Wildman–Crippen LogP) is 4.54. The normalized spacial score (nSPS) is 29.8. The number of hydrogen-bond acceptors (Lipinski definition) is 4. The van der Waals surface area contributed by atoms with Crippen molar-refractivity contribution in [2.24, 2.45) is 11.8 Å². The first kappa shape index (κ1) is 17.8. The van der Waals surface area contributed by atoms with E-state index < -0.39 is 0 Å². The summed E-state index contributed by atoms with van der Waals surface area (Å²) < 4.78 is 11.4. The van der Waals surface area contributed by atoms with Gasteiger partial charge in [-0.15, -0.1) is 0 Å². The molecule has 0 aromatic rings. The molecule has 0 amide bonds. The number of rotatable bonds is 4. The summed E-state index contributed by atoms with van der Waals surface area (Å²) in [5, 5.41) is 0. The SMILES string of the molecule is O=C(OC1CCC(C(=O)OC2CCCCC2)CC1)C1CCCCC1. The molecule has 0 spiro atoms. The molecule has 0 bridgehead atoms. The lowest BCUT2D eigenvalue weighted by Gasteiger charge is -2.30. The van der Waals surface area contributed by atoms with Crippen LogP contribution in [0.3, 0.4) is 0 Å². The molecule has 0 aliphatic heterocycles. The first-order valence-corrected chi connectivity index (χ1v) is 10.1. The lowest BCUT2D eigenvalue weighted by molar-refractivity contribution is -0.161. The van der Waals surface area contributed by atoms with Gasteiger partial charge in [0.05, 0.1) is 11.8 Å². The van der Waals surface area contributed by atoms with Crippen LogP contribution >= 0.6 is 0 Å². The first-order valence-electron chi connectivity index (χ1n) is 10.1. The molecule has 0 aromatic heterocycles. The molecule has 3 aliphatic carbocycles. The Kier molecular flexibility index (Phi) is 6.56. The topological polar surface area (TPSA) is 52.6 Å². The van der Waals surface area contributed by atoms with Gasteiger partial charge in [0, 0.05) is 0 Å². The average Bonchev–Trinajstić information content (AvgIpc) is 2.64. The Morgan fingerprint density at radius 2 is 0.917 bits per heavy atom. The molecule has 0 heterocycles. The van der Waals surface area contributed by atoms with Crippen LogP contribution in [0.2, 0.25) is 0 Å². The molecule has 3 fully saturated rings. The third-order valence-electron chi connectivity index (χ3n) is 6.06. The lowest BCUT2D eigenvalue weighted by atomic mass is 9.86. The van der Waals surface area contributed by atoms with Gasteiger partial charge >= 0.3 is 11.9 Å². The molecule has 136 valence electrons. The summed E-state index contributed by atoms with van der Waals surface area (Å²) >= 11 is 0. The van der Waals surface area contributed by atoms with Crippen LogP contribution in [0.5, 0.6) is 0 Å². The largest absolute Gasteiger partial charge is 0.462 e. The van der Waals surface area contributed by atoms with Crippen molar-refractivity contribution in [3.8, 4) is 0 Å². The van der Waals surface area contributed by atoms with Crippen molar-refractivity contribution in [2.45, 2.75) is 102 Å². The minimum Gasteiger partial charge on any atom is -0.462 e. The van der Waals surface area contributed by atoms with Crippen LogP contribution in [-0.2, 0) is 19.1 Å². The summed E-state index contributed by atoms with van der Waals surface area (Å²) in [4.78, 5) is 24.5. The van der Waals surface area contributed by atoms with Gasteiger partial charge in [0.25, 0.3) is 0 Å². The Hall–Kier alpha value is -1.06. The van der Waals surface area contributed by atoms with Crippen LogP contribution in [-0.4, -0.2) is 24.1 Å². The van der Waals surface area contributed by atoms with Crippen molar-refractivity contribution in [3.05, 3.63) is 0 Å². The van der Waals surface area contributed by atoms with Gasteiger partial charge < -0.3 is 9.47 Å². The van der Waals surface area contributed by atoms with Gasteiger partial charge in [0.2, 0.25) is 0 Å². The van der Waals surface area contributed by atoms with Gasteiger partial charge in [-0.25, -0.2) is 0 Å². The third-order valence-corrected chi connectivity index (χ3v) is 6.06. The molecular formula is C20H32O4. The van der Waals surface area contributed by atoms with E-state index in [-0.39, 0.29) is 36.0 Å². The molecular weight excluding hydrogens is 304 g/mol. The zero-order valence-electron chi connectivity index (χ0n) is 14.8. The maximum atomic E-state index is 12.3.